The van der Waals surface area contributed by atoms with Crippen LogP contribution in [0.1, 0.15) is 19.4 Å². The summed E-state index contributed by atoms with van der Waals surface area (Å²) in [6, 6.07) is 8.10. The second kappa shape index (κ2) is 5.15. The molecule has 20 heavy (non-hydrogen) atoms. The monoisotopic (exact) mass is 336 g/mol. The van der Waals surface area contributed by atoms with E-state index in [0.29, 0.717) is 11.8 Å². The molecule has 3 nitrogen and oxygen atoms in total. The van der Waals surface area contributed by atoms with Gasteiger partial charge in [0.15, 0.2) is 0 Å². The SMILES string of the molecule is CC(C)(C(=O)N1C[C@H]2CNC[C@H]2C1)c1ccc(Br)cc1. The molecule has 2 fully saturated rings. The summed E-state index contributed by atoms with van der Waals surface area (Å²) in [7, 11) is 0. The van der Waals surface area contributed by atoms with E-state index in [4.69, 9.17) is 0 Å². The van der Waals surface area contributed by atoms with Crippen LogP contribution in [0.15, 0.2) is 28.7 Å². The van der Waals surface area contributed by atoms with E-state index >= 15 is 0 Å². The van der Waals surface area contributed by atoms with E-state index in [2.05, 4.69) is 26.1 Å². The Morgan fingerprint density at radius 1 is 1.20 bits per heavy atom. The van der Waals surface area contributed by atoms with Gasteiger partial charge in [-0.2, -0.15) is 0 Å². The Bertz CT molecular complexity index is 500. The van der Waals surface area contributed by atoms with Crippen LogP contribution in [0.5, 0.6) is 0 Å². The van der Waals surface area contributed by atoms with Crippen LogP contribution in [-0.2, 0) is 10.2 Å². The normalized spacial score (nSPS) is 25.9. The zero-order valence-electron chi connectivity index (χ0n) is 12.0. The van der Waals surface area contributed by atoms with Gasteiger partial charge in [-0.3, -0.25) is 4.79 Å². The van der Waals surface area contributed by atoms with Gasteiger partial charge in [-0.1, -0.05) is 28.1 Å². The number of carbonyl (C=O) groups excluding carboxylic acids is 1. The molecule has 1 amide bonds. The first-order chi connectivity index (χ1) is 9.48. The maximum Gasteiger partial charge on any atom is 0.232 e. The number of nitrogens with zero attached hydrogens (tertiary/aromatic N) is 1. The van der Waals surface area contributed by atoms with Gasteiger partial charge in [-0.25, -0.2) is 0 Å². The van der Waals surface area contributed by atoms with Gasteiger partial charge < -0.3 is 10.2 Å². The smallest absolute Gasteiger partial charge is 0.232 e. The first-order valence-electron chi connectivity index (χ1n) is 7.24. The van der Waals surface area contributed by atoms with Crippen molar-refractivity contribution in [2.75, 3.05) is 26.2 Å². The highest BCUT2D eigenvalue weighted by molar-refractivity contribution is 9.10. The van der Waals surface area contributed by atoms with Crippen LogP contribution >= 0.6 is 15.9 Å². The lowest BCUT2D eigenvalue weighted by Gasteiger charge is -2.30. The quantitative estimate of drug-likeness (QED) is 0.899. The summed E-state index contributed by atoms with van der Waals surface area (Å²) in [6.45, 7) is 8.02. The summed E-state index contributed by atoms with van der Waals surface area (Å²) < 4.78 is 1.05. The molecule has 0 spiro atoms. The zero-order valence-corrected chi connectivity index (χ0v) is 13.6. The van der Waals surface area contributed by atoms with Crippen molar-refractivity contribution in [2.24, 2.45) is 11.8 Å². The number of nitrogens with one attached hydrogen (secondary N) is 1. The average Bonchev–Trinajstić information content (AvgIpc) is 2.99. The van der Waals surface area contributed by atoms with E-state index in [0.717, 1.165) is 36.2 Å². The van der Waals surface area contributed by atoms with Crippen LogP contribution < -0.4 is 5.32 Å². The van der Waals surface area contributed by atoms with Crippen LogP contribution in [0.2, 0.25) is 0 Å². The Labute approximate surface area is 128 Å². The molecule has 0 radical (unpaired) electrons. The molecule has 0 aromatic heterocycles. The highest BCUT2D eigenvalue weighted by Gasteiger charge is 2.42. The third-order valence-corrected chi connectivity index (χ3v) is 5.31. The van der Waals surface area contributed by atoms with Crippen LogP contribution in [0.25, 0.3) is 0 Å². The largest absolute Gasteiger partial charge is 0.341 e. The van der Waals surface area contributed by atoms with E-state index in [1.165, 1.54) is 0 Å². The Morgan fingerprint density at radius 2 is 1.75 bits per heavy atom. The number of hydrogen-bond acceptors (Lipinski definition) is 2. The summed E-state index contributed by atoms with van der Waals surface area (Å²) in [5, 5.41) is 3.42. The van der Waals surface area contributed by atoms with E-state index in [-0.39, 0.29) is 5.91 Å². The fourth-order valence-corrected chi connectivity index (χ4v) is 3.67. The standard InChI is InChI=1S/C16H21BrN2O/c1-16(2,13-3-5-14(17)6-4-13)15(20)19-9-11-7-18-8-12(11)10-19/h3-6,11-12,18H,7-10H2,1-2H3/t11-,12+. The van der Waals surface area contributed by atoms with Crippen molar-refractivity contribution in [1.29, 1.82) is 0 Å². The van der Waals surface area contributed by atoms with Crippen molar-refractivity contribution in [1.82, 2.24) is 10.2 Å². The number of amides is 1. The summed E-state index contributed by atoms with van der Waals surface area (Å²) in [5.41, 5.74) is 0.633. The minimum atomic E-state index is -0.452. The lowest BCUT2D eigenvalue weighted by atomic mass is 9.83. The van der Waals surface area contributed by atoms with Crippen molar-refractivity contribution in [3.05, 3.63) is 34.3 Å². The number of benzene rings is 1. The van der Waals surface area contributed by atoms with Gasteiger partial charge in [0.1, 0.15) is 0 Å². The number of fused-ring (bicyclic) bond motifs is 1. The van der Waals surface area contributed by atoms with Gasteiger partial charge in [0.25, 0.3) is 0 Å². The van der Waals surface area contributed by atoms with Gasteiger partial charge in [-0.15, -0.1) is 0 Å². The first kappa shape index (κ1) is 14.1. The second-order valence-corrected chi connectivity index (χ2v) is 7.44. The molecule has 0 aliphatic carbocycles. The molecule has 108 valence electrons. The van der Waals surface area contributed by atoms with Gasteiger partial charge in [0.2, 0.25) is 5.91 Å². The molecule has 1 aromatic rings. The number of halogens is 1. The summed E-state index contributed by atoms with van der Waals surface area (Å²) >= 11 is 3.45. The van der Waals surface area contributed by atoms with Gasteiger partial charge in [-0.05, 0) is 43.4 Å². The van der Waals surface area contributed by atoms with Crippen LogP contribution in [0.3, 0.4) is 0 Å². The van der Waals surface area contributed by atoms with E-state index < -0.39 is 5.41 Å². The fraction of sp³-hybridized carbons (Fsp3) is 0.562. The molecule has 0 unspecified atom stereocenters. The fourth-order valence-electron chi connectivity index (χ4n) is 3.41. The van der Waals surface area contributed by atoms with Crippen molar-refractivity contribution >= 4 is 21.8 Å². The van der Waals surface area contributed by atoms with Gasteiger partial charge in [0.05, 0.1) is 5.41 Å². The predicted molar refractivity (Wildman–Crippen MR) is 83.6 cm³/mol. The highest BCUT2D eigenvalue weighted by atomic mass is 79.9. The molecule has 4 heteroatoms. The van der Waals surface area contributed by atoms with Crippen molar-refractivity contribution in [3.8, 4) is 0 Å². The van der Waals surface area contributed by atoms with Gasteiger partial charge in [0, 0.05) is 30.7 Å². The number of carbonyl (C=O) groups is 1. The molecule has 1 aromatic carbocycles. The van der Waals surface area contributed by atoms with Crippen molar-refractivity contribution < 1.29 is 4.79 Å². The minimum Gasteiger partial charge on any atom is -0.341 e. The Morgan fingerprint density at radius 3 is 2.30 bits per heavy atom. The summed E-state index contributed by atoms with van der Waals surface area (Å²) in [5.74, 6) is 1.56. The molecular formula is C16H21BrN2O. The maximum absolute atomic E-state index is 12.9. The first-order valence-corrected chi connectivity index (χ1v) is 8.04. The van der Waals surface area contributed by atoms with Crippen LogP contribution in [-0.4, -0.2) is 37.0 Å². The maximum atomic E-state index is 12.9. The van der Waals surface area contributed by atoms with Gasteiger partial charge >= 0.3 is 0 Å². The lowest BCUT2D eigenvalue weighted by molar-refractivity contribution is -0.135. The highest BCUT2D eigenvalue weighted by Crippen LogP contribution is 2.32. The van der Waals surface area contributed by atoms with E-state index in [1.807, 2.05) is 38.1 Å². The third-order valence-electron chi connectivity index (χ3n) is 4.78. The van der Waals surface area contributed by atoms with Crippen molar-refractivity contribution in [2.45, 2.75) is 19.3 Å². The van der Waals surface area contributed by atoms with Crippen molar-refractivity contribution in [3.63, 3.8) is 0 Å². The molecule has 1 N–H and O–H groups in total. The number of rotatable bonds is 2. The molecule has 0 bridgehead atoms. The molecule has 2 atom stereocenters. The molecule has 0 saturated carbocycles. The predicted octanol–water partition coefficient (Wildman–Crippen LogP) is 2.40. The van der Waals surface area contributed by atoms with E-state index in [9.17, 15) is 4.79 Å². The summed E-state index contributed by atoms with van der Waals surface area (Å²) in [4.78, 5) is 14.9. The second-order valence-electron chi connectivity index (χ2n) is 6.52. The van der Waals surface area contributed by atoms with Crippen LogP contribution in [0, 0.1) is 11.8 Å². The van der Waals surface area contributed by atoms with Crippen LogP contribution in [0.4, 0.5) is 0 Å². The molecule has 3 rings (SSSR count). The molecule has 2 aliphatic heterocycles. The molecular weight excluding hydrogens is 316 g/mol. The van der Waals surface area contributed by atoms with E-state index in [1.54, 1.807) is 0 Å². The minimum absolute atomic E-state index is 0.259. The Hall–Kier alpha value is -0.870. The zero-order chi connectivity index (χ0) is 14.3. The summed E-state index contributed by atoms with van der Waals surface area (Å²) in [6.07, 6.45) is 0. The lowest BCUT2D eigenvalue weighted by Crippen LogP contribution is -2.43. The number of hydrogen-bond donors (Lipinski definition) is 1. The Balaban J connectivity index is 1.77. The topological polar surface area (TPSA) is 32.3 Å². The molecule has 2 aliphatic rings. The number of likely N-dealkylation sites (tertiary alicyclic amines) is 1. The third kappa shape index (κ3) is 2.40. The Kier molecular flexibility index (Phi) is 3.63. The average molecular weight is 337 g/mol. The molecule has 2 saturated heterocycles. The molecule has 2 heterocycles.